The number of hydrogen-bond donors (Lipinski definition) is 0. The topological polar surface area (TPSA) is 78.9 Å². The molecule has 0 spiro atoms. The highest BCUT2D eigenvalue weighted by Gasteiger charge is 2.35. The SMILES string of the molecule is COc1cccc(-c2ccc(N3CCN(C(=O)CN(CC4CC4)C(=O)C4CCC4)CC3)nn2)c1. The summed E-state index contributed by atoms with van der Waals surface area (Å²) in [6, 6.07) is 11.7. The third kappa shape index (κ3) is 5.16. The minimum absolute atomic E-state index is 0.0624. The molecule has 1 saturated heterocycles. The van der Waals surface area contributed by atoms with Crippen molar-refractivity contribution >= 4 is 17.6 Å². The minimum Gasteiger partial charge on any atom is -0.497 e. The van der Waals surface area contributed by atoms with Gasteiger partial charge >= 0.3 is 0 Å². The number of hydrogen-bond acceptors (Lipinski definition) is 6. The molecule has 2 saturated carbocycles. The first-order valence-electron chi connectivity index (χ1n) is 12.4. The highest BCUT2D eigenvalue weighted by Crippen LogP contribution is 2.33. The van der Waals surface area contributed by atoms with Crippen molar-refractivity contribution in [3.8, 4) is 17.0 Å². The number of anilines is 1. The van der Waals surface area contributed by atoms with Crippen LogP contribution in [0.5, 0.6) is 5.75 Å². The zero-order chi connectivity index (χ0) is 23.5. The second kappa shape index (κ2) is 9.99. The maximum absolute atomic E-state index is 13.0. The highest BCUT2D eigenvalue weighted by molar-refractivity contribution is 5.86. The normalized spacial score (nSPS) is 18.4. The number of methoxy groups -OCH3 is 1. The van der Waals surface area contributed by atoms with E-state index in [1.54, 1.807) is 7.11 Å². The summed E-state index contributed by atoms with van der Waals surface area (Å²) in [5.41, 5.74) is 1.75. The fraction of sp³-hybridized carbons (Fsp3) is 0.538. The third-order valence-electron chi connectivity index (χ3n) is 7.24. The molecule has 0 bridgehead atoms. The zero-order valence-electron chi connectivity index (χ0n) is 19.9. The Morgan fingerprint density at radius 1 is 1.03 bits per heavy atom. The van der Waals surface area contributed by atoms with Gasteiger partial charge in [-0.3, -0.25) is 9.59 Å². The van der Waals surface area contributed by atoms with Gasteiger partial charge in [0.05, 0.1) is 19.3 Å². The first kappa shape index (κ1) is 22.6. The van der Waals surface area contributed by atoms with Gasteiger partial charge in [0.25, 0.3) is 0 Å². The van der Waals surface area contributed by atoms with E-state index < -0.39 is 0 Å². The molecule has 2 heterocycles. The Kier molecular flexibility index (Phi) is 6.65. The van der Waals surface area contributed by atoms with E-state index in [-0.39, 0.29) is 24.3 Å². The molecular weight excluding hydrogens is 430 g/mol. The van der Waals surface area contributed by atoms with Crippen LogP contribution >= 0.6 is 0 Å². The fourth-order valence-electron chi connectivity index (χ4n) is 4.64. The van der Waals surface area contributed by atoms with Crippen LogP contribution in [0.4, 0.5) is 5.82 Å². The molecule has 1 aromatic heterocycles. The number of aromatic nitrogens is 2. The summed E-state index contributed by atoms with van der Waals surface area (Å²) in [6.45, 7) is 3.65. The molecule has 180 valence electrons. The van der Waals surface area contributed by atoms with Crippen molar-refractivity contribution in [3.63, 3.8) is 0 Å². The van der Waals surface area contributed by atoms with Gasteiger partial charge in [-0.15, -0.1) is 10.2 Å². The average Bonchev–Trinajstić information content (AvgIpc) is 3.67. The number of benzene rings is 1. The van der Waals surface area contributed by atoms with E-state index in [1.807, 2.05) is 46.2 Å². The van der Waals surface area contributed by atoms with Crippen molar-refractivity contribution in [2.75, 3.05) is 51.3 Å². The van der Waals surface area contributed by atoms with Crippen molar-refractivity contribution in [2.24, 2.45) is 11.8 Å². The maximum Gasteiger partial charge on any atom is 0.242 e. The molecule has 3 aliphatic rings. The second-order valence-corrected chi connectivity index (χ2v) is 9.67. The van der Waals surface area contributed by atoms with Gasteiger partial charge in [0.1, 0.15) is 5.75 Å². The lowest BCUT2D eigenvalue weighted by molar-refractivity contribution is -0.145. The van der Waals surface area contributed by atoms with Gasteiger partial charge in [-0.05, 0) is 55.9 Å². The Morgan fingerprint density at radius 3 is 2.44 bits per heavy atom. The van der Waals surface area contributed by atoms with Crippen LogP contribution in [-0.4, -0.2) is 78.2 Å². The van der Waals surface area contributed by atoms with Gasteiger partial charge in [0, 0.05) is 44.2 Å². The summed E-state index contributed by atoms with van der Waals surface area (Å²) in [5.74, 6) is 2.58. The van der Waals surface area contributed by atoms with E-state index in [9.17, 15) is 9.59 Å². The van der Waals surface area contributed by atoms with Gasteiger partial charge in [-0.1, -0.05) is 18.6 Å². The van der Waals surface area contributed by atoms with Crippen molar-refractivity contribution < 1.29 is 14.3 Å². The highest BCUT2D eigenvalue weighted by atomic mass is 16.5. The molecule has 8 nitrogen and oxygen atoms in total. The van der Waals surface area contributed by atoms with E-state index in [0.29, 0.717) is 32.1 Å². The first-order chi connectivity index (χ1) is 16.6. The molecule has 1 aliphatic heterocycles. The lowest BCUT2D eigenvalue weighted by atomic mass is 9.84. The lowest BCUT2D eigenvalue weighted by Crippen LogP contribution is -2.53. The molecule has 0 unspecified atom stereocenters. The van der Waals surface area contributed by atoms with Crippen molar-refractivity contribution in [2.45, 2.75) is 32.1 Å². The molecule has 2 amide bonds. The number of nitrogens with zero attached hydrogens (tertiary/aromatic N) is 5. The Bertz CT molecular complexity index is 1010. The van der Waals surface area contributed by atoms with Crippen molar-refractivity contribution in [1.29, 1.82) is 0 Å². The summed E-state index contributed by atoms with van der Waals surface area (Å²) in [5, 5.41) is 8.83. The van der Waals surface area contributed by atoms with Crippen LogP contribution in [0.25, 0.3) is 11.3 Å². The molecule has 2 aromatic rings. The Labute approximate surface area is 200 Å². The second-order valence-electron chi connectivity index (χ2n) is 9.67. The third-order valence-corrected chi connectivity index (χ3v) is 7.24. The monoisotopic (exact) mass is 463 g/mol. The Balaban J connectivity index is 1.15. The predicted octanol–water partition coefficient (Wildman–Crippen LogP) is 2.84. The van der Waals surface area contributed by atoms with Crippen LogP contribution in [0.3, 0.4) is 0 Å². The average molecular weight is 464 g/mol. The molecular formula is C26H33N5O3. The number of amides is 2. The summed E-state index contributed by atoms with van der Waals surface area (Å²) in [4.78, 5) is 31.7. The van der Waals surface area contributed by atoms with E-state index in [1.165, 1.54) is 12.8 Å². The quantitative estimate of drug-likeness (QED) is 0.599. The molecule has 0 radical (unpaired) electrons. The summed E-state index contributed by atoms with van der Waals surface area (Å²) in [7, 11) is 1.65. The van der Waals surface area contributed by atoms with Crippen LogP contribution < -0.4 is 9.64 Å². The minimum atomic E-state index is 0.0624. The van der Waals surface area contributed by atoms with Gasteiger partial charge in [0.2, 0.25) is 11.8 Å². The number of carbonyl (C=O) groups excluding carboxylic acids is 2. The zero-order valence-corrected chi connectivity index (χ0v) is 19.9. The maximum atomic E-state index is 13.0. The Hall–Kier alpha value is -3.16. The van der Waals surface area contributed by atoms with E-state index in [2.05, 4.69) is 15.1 Å². The van der Waals surface area contributed by atoms with Crippen LogP contribution in [-0.2, 0) is 9.59 Å². The molecule has 3 fully saturated rings. The standard InChI is InChI=1S/C26H33N5O3/c1-34-22-7-3-6-21(16-22)23-10-11-24(28-27-23)29-12-14-30(15-13-29)25(32)18-31(17-19-8-9-19)26(33)20-4-2-5-20/h3,6-7,10-11,16,19-20H,2,4-5,8-9,12-15,17-18H2,1H3. The van der Waals surface area contributed by atoms with Crippen LogP contribution in [0.15, 0.2) is 36.4 Å². The fourth-order valence-corrected chi connectivity index (χ4v) is 4.64. The number of piperazine rings is 1. The Morgan fingerprint density at radius 2 is 1.82 bits per heavy atom. The van der Waals surface area contributed by atoms with E-state index in [4.69, 9.17) is 4.74 Å². The number of ether oxygens (including phenoxy) is 1. The first-order valence-corrected chi connectivity index (χ1v) is 12.4. The van der Waals surface area contributed by atoms with Crippen LogP contribution in [0.2, 0.25) is 0 Å². The van der Waals surface area contributed by atoms with E-state index in [0.717, 1.165) is 48.6 Å². The molecule has 34 heavy (non-hydrogen) atoms. The molecule has 1 aromatic carbocycles. The molecule has 5 rings (SSSR count). The number of rotatable bonds is 8. The van der Waals surface area contributed by atoms with Crippen molar-refractivity contribution in [1.82, 2.24) is 20.0 Å². The smallest absolute Gasteiger partial charge is 0.242 e. The lowest BCUT2D eigenvalue weighted by Gasteiger charge is -2.37. The van der Waals surface area contributed by atoms with Gasteiger partial charge in [0.15, 0.2) is 5.82 Å². The van der Waals surface area contributed by atoms with Gasteiger partial charge in [-0.25, -0.2) is 0 Å². The molecule has 0 atom stereocenters. The van der Waals surface area contributed by atoms with Crippen LogP contribution in [0, 0.1) is 11.8 Å². The molecule has 2 aliphatic carbocycles. The number of carbonyl (C=O) groups is 2. The summed E-state index contributed by atoms with van der Waals surface area (Å²) < 4.78 is 5.29. The largest absolute Gasteiger partial charge is 0.497 e. The predicted molar refractivity (Wildman–Crippen MR) is 129 cm³/mol. The van der Waals surface area contributed by atoms with Gasteiger partial charge < -0.3 is 19.4 Å². The molecule has 8 heteroatoms. The van der Waals surface area contributed by atoms with Crippen molar-refractivity contribution in [3.05, 3.63) is 36.4 Å². The van der Waals surface area contributed by atoms with E-state index >= 15 is 0 Å². The summed E-state index contributed by atoms with van der Waals surface area (Å²) >= 11 is 0. The summed E-state index contributed by atoms with van der Waals surface area (Å²) in [6.07, 6.45) is 5.44. The van der Waals surface area contributed by atoms with Gasteiger partial charge in [-0.2, -0.15) is 0 Å². The molecule has 0 N–H and O–H groups in total. The van der Waals surface area contributed by atoms with Crippen LogP contribution in [0.1, 0.15) is 32.1 Å².